The molecule has 0 bridgehead atoms. The number of halogens is 1. The highest BCUT2D eigenvalue weighted by molar-refractivity contribution is 6.32. The summed E-state index contributed by atoms with van der Waals surface area (Å²) in [6, 6.07) is 0. The molecular formula is C11H16ClN3O2. The first-order chi connectivity index (χ1) is 8.22. The van der Waals surface area contributed by atoms with Crippen LogP contribution in [0.4, 0.5) is 5.69 Å². The highest BCUT2D eigenvalue weighted by Crippen LogP contribution is 2.30. The molecule has 1 aromatic heterocycles. The van der Waals surface area contributed by atoms with E-state index in [2.05, 4.69) is 10.4 Å². The smallest absolute Gasteiger partial charge is 0.291 e. The van der Waals surface area contributed by atoms with Gasteiger partial charge in [0.15, 0.2) is 0 Å². The Kier molecular flexibility index (Phi) is 4.02. The molecule has 1 aliphatic rings. The summed E-state index contributed by atoms with van der Waals surface area (Å²) in [6.45, 7) is 1.77. The van der Waals surface area contributed by atoms with Gasteiger partial charge in [0.1, 0.15) is 5.69 Å². The van der Waals surface area contributed by atoms with Crippen LogP contribution in [-0.2, 0) is 11.3 Å². The van der Waals surface area contributed by atoms with Crippen molar-refractivity contribution in [1.82, 2.24) is 9.78 Å². The van der Waals surface area contributed by atoms with Crippen LogP contribution in [0.15, 0.2) is 11.0 Å². The number of nitrogens with one attached hydrogen (secondary N) is 1. The average Bonchev–Trinajstić information content (AvgIpc) is 3.11. The predicted octanol–water partition coefficient (Wildman–Crippen LogP) is 1.36. The minimum Gasteiger partial charge on any atom is -0.383 e. The first-order valence-electron chi connectivity index (χ1n) is 5.71. The van der Waals surface area contributed by atoms with E-state index in [1.807, 2.05) is 0 Å². The lowest BCUT2D eigenvalue weighted by molar-refractivity contribution is 0.210. The predicted molar refractivity (Wildman–Crippen MR) is 66.6 cm³/mol. The van der Waals surface area contributed by atoms with Crippen LogP contribution < -0.4 is 10.9 Å². The molecule has 94 valence electrons. The summed E-state index contributed by atoms with van der Waals surface area (Å²) in [7, 11) is 1.61. The molecule has 2 rings (SSSR count). The van der Waals surface area contributed by atoms with Gasteiger partial charge in [-0.3, -0.25) is 4.79 Å². The van der Waals surface area contributed by atoms with Crippen molar-refractivity contribution in [2.24, 2.45) is 5.92 Å². The van der Waals surface area contributed by atoms with Gasteiger partial charge in [0.2, 0.25) is 0 Å². The minimum atomic E-state index is -0.152. The Morgan fingerprint density at radius 3 is 3.06 bits per heavy atom. The lowest BCUT2D eigenvalue weighted by Crippen LogP contribution is -2.27. The second-order valence-corrected chi connectivity index (χ2v) is 4.62. The van der Waals surface area contributed by atoms with Crippen LogP contribution in [0.1, 0.15) is 12.8 Å². The van der Waals surface area contributed by atoms with Gasteiger partial charge in [0, 0.05) is 20.2 Å². The Balaban J connectivity index is 2.13. The maximum Gasteiger partial charge on any atom is 0.291 e. The van der Waals surface area contributed by atoms with Gasteiger partial charge < -0.3 is 10.1 Å². The lowest BCUT2D eigenvalue weighted by Gasteiger charge is -2.09. The molecule has 0 aliphatic heterocycles. The van der Waals surface area contributed by atoms with Crippen molar-refractivity contribution in [3.63, 3.8) is 0 Å². The minimum absolute atomic E-state index is 0.152. The molecule has 17 heavy (non-hydrogen) atoms. The van der Waals surface area contributed by atoms with Crippen LogP contribution in [0.3, 0.4) is 0 Å². The molecule has 1 fully saturated rings. The quantitative estimate of drug-likeness (QED) is 0.782. The van der Waals surface area contributed by atoms with E-state index >= 15 is 0 Å². The topological polar surface area (TPSA) is 56.1 Å². The third-order valence-electron chi connectivity index (χ3n) is 2.73. The number of aromatic nitrogens is 2. The molecule has 0 amide bonds. The third-order valence-corrected chi connectivity index (χ3v) is 3.02. The van der Waals surface area contributed by atoms with Gasteiger partial charge in [0.25, 0.3) is 5.56 Å². The van der Waals surface area contributed by atoms with E-state index < -0.39 is 0 Å². The molecule has 0 radical (unpaired) electrons. The first kappa shape index (κ1) is 12.4. The van der Waals surface area contributed by atoms with Gasteiger partial charge in [-0.15, -0.1) is 0 Å². The SMILES string of the molecule is COCCNc1c(Cl)cnn(CC2CC2)c1=O. The zero-order valence-electron chi connectivity index (χ0n) is 9.78. The number of ether oxygens (including phenoxy) is 1. The van der Waals surface area contributed by atoms with E-state index in [1.54, 1.807) is 7.11 Å². The summed E-state index contributed by atoms with van der Waals surface area (Å²) < 4.78 is 6.40. The fourth-order valence-electron chi connectivity index (χ4n) is 1.58. The van der Waals surface area contributed by atoms with Crippen molar-refractivity contribution in [2.75, 3.05) is 25.6 Å². The summed E-state index contributed by atoms with van der Waals surface area (Å²) >= 11 is 5.95. The fourth-order valence-corrected chi connectivity index (χ4v) is 1.77. The molecule has 5 nitrogen and oxygen atoms in total. The second-order valence-electron chi connectivity index (χ2n) is 4.22. The molecule has 6 heteroatoms. The van der Waals surface area contributed by atoms with Gasteiger partial charge in [-0.2, -0.15) is 5.10 Å². The maximum absolute atomic E-state index is 12.1. The highest BCUT2D eigenvalue weighted by atomic mass is 35.5. The Morgan fingerprint density at radius 2 is 2.41 bits per heavy atom. The summed E-state index contributed by atoms with van der Waals surface area (Å²) in [6.07, 6.45) is 3.88. The van der Waals surface area contributed by atoms with Crippen LogP contribution in [0.5, 0.6) is 0 Å². The number of anilines is 1. The summed E-state index contributed by atoms with van der Waals surface area (Å²) in [5.74, 6) is 0.605. The molecule has 1 heterocycles. The van der Waals surface area contributed by atoms with Gasteiger partial charge >= 0.3 is 0 Å². The largest absolute Gasteiger partial charge is 0.383 e. The number of methoxy groups -OCH3 is 1. The summed E-state index contributed by atoms with van der Waals surface area (Å²) in [5.41, 5.74) is 0.264. The molecule has 1 N–H and O–H groups in total. The Labute approximate surface area is 105 Å². The van der Waals surface area contributed by atoms with Crippen LogP contribution in [0.2, 0.25) is 5.02 Å². The van der Waals surface area contributed by atoms with Crippen molar-refractivity contribution in [3.05, 3.63) is 21.6 Å². The van der Waals surface area contributed by atoms with Crippen molar-refractivity contribution >= 4 is 17.3 Å². The first-order valence-corrected chi connectivity index (χ1v) is 6.08. The molecule has 0 saturated heterocycles. The monoisotopic (exact) mass is 257 g/mol. The molecule has 0 atom stereocenters. The van der Waals surface area contributed by atoms with E-state index in [4.69, 9.17) is 16.3 Å². The molecule has 1 aliphatic carbocycles. The number of nitrogens with zero attached hydrogens (tertiary/aromatic N) is 2. The number of hydrogen-bond acceptors (Lipinski definition) is 4. The van der Waals surface area contributed by atoms with Crippen molar-refractivity contribution in [2.45, 2.75) is 19.4 Å². The Hall–Kier alpha value is -1.07. The zero-order valence-corrected chi connectivity index (χ0v) is 10.5. The molecule has 0 aromatic carbocycles. The van der Waals surface area contributed by atoms with E-state index in [-0.39, 0.29) is 5.56 Å². The van der Waals surface area contributed by atoms with Crippen molar-refractivity contribution in [1.29, 1.82) is 0 Å². The van der Waals surface area contributed by atoms with Gasteiger partial charge in [-0.25, -0.2) is 4.68 Å². The normalized spacial score (nSPS) is 14.9. The maximum atomic E-state index is 12.1. The molecule has 1 aromatic rings. The average molecular weight is 258 g/mol. The van der Waals surface area contributed by atoms with Gasteiger partial charge in [-0.05, 0) is 18.8 Å². The van der Waals surface area contributed by atoms with Crippen LogP contribution in [-0.4, -0.2) is 30.0 Å². The number of hydrogen-bond donors (Lipinski definition) is 1. The highest BCUT2D eigenvalue weighted by Gasteiger charge is 2.23. The standard InChI is InChI=1S/C11H16ClN3O2/c1-17-5-4-13-10-9(12)6-14-15(11(10)16)7-8-2-3-8/h6,8,13H,2-5,7H2,1H3. The van der Waals surface area contributed by atoms with E-state index in [0.29, 0.717) is 36.3 Å². The van der Waals surface area contributed by atoms with Gasteiger partial charge in [-0.1, -0.05) is 11.6 Å². The molecular weight excluding hydrogens is 242 g/mol. The van der Waals surface area contributed by atoms with Gasteiger partial charge in [0.05, 0.1) is 17.8 Å². The molecule has 0 spiro atoms. The van der Waals surface area contributed by atoms with Crippen LogP contribution in [0.25, 0.3) is 0 Å². The third kappa shape index (κ3) is 3.20. The fraction of sp³-hybridized carbons (Fsp3) is 0.636. The van der Waals surface area contributed by atoms with Crippen molar-refractivity contribution in [3.8, 4) is 0 Å². The van der Waals surface area contributed by atoms with Crippen LogP contribution >= 0.6 is 11.6 Å². The van der Waals surface area contributed by atoms with E-state index in [9.17, 15) is 4.79 Å². The molecule has 0 unspecified atom stereocenters. The van der Waals surface area contributed by atoms with E-state index in [1.165, 1.54) is 23.7 Å². The molecule has 1 saturated carbocycles. The summed E-state index contributed by atoms with van der Waals surface area (Å²) in [4.78, 5) is 12.1. The number of rotatable bonds is 6. The van der Waals surface area contributed by atoms with E-state index in [0.717, 1.165) is 0 Å². The lowest BCUT2D eigenvalue weighted by atomic mass is 10.4. The van der Waals surface area contributed by atoms with Crippen LogP contribution in [0, 0.1) is 5.92 Å². The van der Waals surface area contributed by atoms with Crippen molar-refractivity contribution < 1.29 is 4.74 Å². The second kappa shape index (κ2) is 5.51. The Bertz CT molecular complexity index is 443. The Morgan fingerprint density at radius 1 is 1.65 bits per heavy atom. The zero-order chi connectivity index (χ0) is 12.3. The summed E-state index contributed by atoms with van der Waals surface area (Å²) in [5, 5.41) is 7.39.